The molecule has 2 aromatic rings. The van der Waals surface area contributed by atoms with Crippen molar-refractivity contribution in [2.75, 3.05) is 31.1 Å². The predicted octanol–water partition coefficient (Wildman–Crippen LogP) is 5.95. The Kier molecular flexibility index (Phi) is 10.6. The number of para-hydroxylation sites is 1. The van der Waals surface area contributed by atoms with E-state index in [1.54, 1.807) is 32.9 Å². The Labute approximate surface area is 284 Å². The smallest absolute Gasteiger partial charge is 0.253 e. The summed E-state index contributed by atoms with van der Waals surface area (Å²) in [7, 11) is 0. The molecule has 3 amide bonds. The van der Waals surface area contributed by atoms with Gasteiger partial charge in [0.05, 0.1) is 28.1 Å². The van der Waals surface area contributed by atoms with Crippen molar-refractivity contribution in [2.24, 2.45) is 17.8 Å². The van der Waals surface area contributed by atoms with Gasteiger partial charge in [0, 0.05) is 32.8 Å². The molecule has 1 N–H and O–H groups in total. The second kappa shape index (κ2) is 14.3. The molecule has 47 heavy (non-hydrogen) atoms. The van der Waals surface area contributed by atoms with Crippen LogP contribution in [0.3, 0.4) is 0 Å². The monoisotopic (exact) mass is 661 g/mol. The molecule has 3 unspecified atom stereocenters. The van der Waals surface area contributed by atoms with Crippen LogP contribution in [0.15, 0.2) is 73.8 Å². The molecule has 6 atom stereocenters. The highest BCUT2D eigenvalue weighted by atomic mass is 35.5. The van der Waals surface area contributed by atoms with Crippen molar-refractivity contribution in [3.63, 3.8) is 0 Å². The summed E-state index contributed by atoms with van der Waals surface area (Å²) in [4.78, 5) is 49.5. The fraction of sp³-hybridized carbons (Fsp3) is 0.500. The highest BCUT2D eigenvalue weighted by molar-refractivity contribution is 6.34. The van der Waals surface area contributed by atoms with Crippen molar-refractivity contribution >= 4 is 35.0 Å². The van der Waals surface area contributed by atoms with Crippen LogP contribution in [0.5, 0.6) is 0 Å². The average molecular weight is 662 g/mol. The summed E-state index contributed by atoms with van der Waals surface area (Å²) in [5.41, 5.74) is 0.254. The second-order valence-corrected chi connectivity index (χ2v) is 13.9. The first-order chi connectivity index (χ1) is 22.5. The standard InChI is InChI=1S/C38H48ClN3O5/c1-6-20-40(25-28-17-11-10-12-18-28)34(44)30-31-35(45)42(22-13-8-9-14-23-43)33(38(31)24-27(4)37(30,5)47-38)36(46)41(21-7-2)32-26(3)16-15-19-29(32)39/h6-7,10-12,15-19,27,30-31,33,43H,1-2,8-9,13-14,20-25H2,3-5H3/t27?,30-,31+,33?,37+,38?/m1/s1. The van der Waals surface area contributed by atoms with E-state index in [0.717, 1.165) is 24.0 Å². The number of aryl methyl sites for hydroxylation is 1. The van der Waals surface area contributed by atoms with Gasteiger partial charge >= 0.3 is 0 Å². The summed E-state index contributed by atoms with van der Waals surface area (Å²) < 4.78 is 7.02. The van der Waals surface area contributed by atoms with E-state index in [0.29, 0.717) is 49.6 Å². The lowest BCUT2D eigenvalue weighted by Crippen LogP contribution is -2.57. The van der Waals surface area contributed by atoms with Crippen LogP contribution in [0.2, 0.25) is 5.02 Å². The number of hydrogen-bond acceptors (Lipinski definition) is 5. The summed E-state index contributed by atoms with van der Waals surface area (Å²) in [6, 6.07) is 14.3. The maximum absolute atomic E-state index is 15.0. The Hall–Kier alpha value is -3.46. The molecule has 0 aliphatic carbocycles. The van der Waals surface area contributed by atoms with Crippen LogP contribution < -0.4 is 4.90 Å². The Morgan fingerprint density at radius 1 is 1.04 bits per heavy atom. The predicted molar refractivity (Wildman–Crippen MR) is 185 cm³/mol. The molecule has 0 aromatic heterocycles. The maximum Gasteiger partial charge on any atom is 0.253 e. The molecule has 2 aromatic carbocycles. The topological polar surface area (TPSA) is 90.4 Å². The summed E-state index contributed by atoms with van der Waals surface area (Å²) in [5, 5.41) is 9.72. The van der Waals surface area contributed by atoms with E-state index in [2.05, 4.69) is 20.1 Å². The number of unbranched alkanes of at least 4 members (excludes halogenated alkanes) is 3. The molecule has 2 bridgehead atoms. The number of fused-ring (bicyclic) bond motifs is 1. The molecular weight excluding hydrogens is 614 g/mol. The third-order valence-electron chi connectivity index (χ3n) is 10.5. The van der Waals surface area contributed by atoms with Crippen LogP contribution in [0, 0.1) is 24.7 Å². The molecule has 9 heteroatoms. The minimum Gasteiger partial charge on any atom is -0.396 e. The molecule has 0 saturated carbocycles. The highest BCUT2D eigenvalue weighted by Crippen LogP contribution is 2.65. The number of likely N-dealkylation sites (tertiary alicyclic amines) is 1. The number of anilines is 1. The van der Waals surface area contributed by atoms with E-state index in [-0.39, 0.29) is 36.8 Å². The van der Waals surface area contributed by atoms with Gasteiger partial charge in [-0.15, -0.1) is 13.2 Å². The fourth-order valence-electron chi connectivity index (χ4n) is 8.30. The van der Waals surface area contributed by atoms with Crippen LogP contribution in [-0.4, -0.2) is 76.1 Å². The Balaban J connectivity index is 1.58. The average Bonchev–Trinajstić information content (AvgIpc) is 3.56. The number of aliphatic hydroxyl groups excluding tert-OH is 1. The van der Waals surface area contributed by atoms with Gasteiger partial charge in [0.1, 0.15) is 11.6 Å². The van der Waals surface area contributed by atoms with Gasteiger partial charge in [-0.05, 0) is 56.2 Å². The van der Waals surface area contributed by atoms with Gasteiger partial charge in [-0.25, -0.2) is 0 Å². The zero-order chi connectivity index (χ0) is 33.9. The van der Waals surface area contributed by atoms with E-state index in [4.69, 9.17) is 16.3 Å². The molecule has 5 rings (SSSR count). The molecule has 0 radical (unpaired) electrons. The SMILES string of the molecule is C=CCN(Cc1ccccc1)C(=O)[C@H]1[C@H]2C(=O)N(CCCCCCO)C(C(=O)N(CC=C)c3c(C)cccc3Cl)C23CC(C)[C@]1(C)O3. The molecule has 252 valence electrons. The van der Waals surface area contributed by atoms with Crippen molar-refractivity contribution in [3.8, 4) is 0 Å². The summed E-state index contributed by atoms with van der Waals surface area (Å²) in [5.74, 6) is -2.34. The molecule has 3 fully saturated rings. The number of rotatable bonds is 15. The fourth-order valence-corrected chi connectivity index (χ4v) is 8.63. The molecule has 1 spiro atoms. The van der Waals surface area contributed by atoms with Crippen LogP contribution in [-0.2, 0) is 25.7 Å². The van der Waals surface area contributed by atoms with E-state index >= 15 is 4.79 Å². The minimum atomic E-state index is -1.19. The van der Waals surface area contributed by atoms with Crippen molar-refractivity contribution in [1.29, 1.82) is 0 Å². The van der Waals surface area contributed by atoms with E-state index in [9.17, 15) is 14.7 Å². The first-order valence-corrected chi connectivity index (χ1v) is 17.2. The van der Waals surface area contributed by atoms with Crippen molar-refractivity contribution in [2.45, 2.75) is 76.7 Å². The van der Waals surface area contributed by atoms with Gasteiger partial charge in [0.25, 0.3) is 5.91 Å². The molecule has 3 heterocycles. The summed E-state index contributed by atoms with van der Waals surface area (Å²) in [6.45, 7) is 15.1. The number of amides is 3. The second-order valence-electron chi connectivity index (χ2n) is 13.5. The zero-order valence-electron chi connectivity index (χ0n) is 27.9. The lowest BCUT2D eigenvalue weighted by Gasteiger charge is -2.39. The van der Waals surface area contributed by atoms with E-state index in [1.807, 2.05) is 56.3 Å². The number of ether oxygens (including phenoxy) is 1. The quantitative estimate of drug-likeness (QED) is 0.188. The molecular formula is C38H48ClN3O5. The maximum atomic E-state index is 15.0. The third kappa shape index (κ3) is 6.16. The zero-order valence-corrected chi connectivity index (χ0v) is 28.6. The number of halogens is 1. The number of hydrogen-bond donors (Lipinski definition) is 1. The van der Waals surface area contributed by atoms with Gasteiger partial charge < -0.3 is 24.5 Å². The molecule has 3 saturated heterocycles. The van der Waals surface area contributed by atoms with Crippen molar-refractivity contribution in [1.82, 2.24) is 9.80 Å². The largest absolute Gasteiger partial charge is 0.396 e. The molecule has 3 aliphatic rings. The minimum absolute atomic E-state index is 0.0856. The van der Waals surface area contributed by atoms with Crippen LogP contribution in [0.25, 0.3) is 0 Å². The highest BCUT2D eigenvalue weighted by Gasteiger charge is 2.80. The van der Waals surface area contributed by atoms with E-state index in [1.165, 1.54) is 0 Å². The third-order valence-corrected chi connectivity index (χ3v) is 10.8. The molecule has 3 aliphatic heterocycles. The number of carbonyl (C=O) groups excluding carboxylic acids is 3. The van der Waals surface area contributed by atoms with Crippen molar-refractivity contribution < 1.29 is 24.2 Å². The van der Waals surface area contributed by atoms with Gasteiger partial charge in [0.15, 0.2) is 0 Å². The molecule has 8 nitrogen and oxygen atoms in total. The van der Waals surface area contributed by atoms with E-state index < -0.39 is 29.1 Å². The lowest BCUT2D eigenvalue weighted by molar-refractivity contribution is -0.151. The normalized spacial score (nSPS) is 27.5. The lowest BCUT2D eigenvalue weighted by atomic mass is 9.62. The van der Waals surface area contributed by atoms with Gasteiger partial charge in [-0.3, -0.25) is 14.4 Å². The Morgan fingerprint density at radius 3 is 2.40 bits per heavy atom. The first-order valence-electron chi connectivity index (χ1n) is 16.8. The summed E-state index contributed by atoms with van der Waals surface area (Å²) >= 11 is 6.72. The Morgan fingerprint density at radius 2 is 1.74 bits per heavy atom. The van der Waals surface area contributed by atoms with Crippen LogP contribution in [0.1, 0.15) is 57.1 Å². The first kappa shape index (κ1) is 34.9. The van der Waals surface area contributed by atoms with Crippen molar-refractivity contribution in [3.05, 3.63) is 90.0 Å². The van der Waals surface area contributed by atoms with Crippen LogP contribution >= 0.6 is 11.6 Å². The number of aliphatic hydroxyl groups is 1. The Bertz CT molecular complexity index is 1480. The number of benzene rings is 2. The number of carbonyl (C=O) groups is 3. The number of nitrogens with zero attached hydrogens (tertiary/aromatic N) is 3. The van der Waals surface area contributed by atoms with Gasteiger partial charge in [-0.2, -0.15) is 0 Å². The van der Waals surface area contributed by atoms with Gasteiger partial charge in [0.2, 0.25) is 11.8 Å². The van der Waals surface area contributed by atoms with Crippen LogP contribution in [0.4, 0.5) is 5.69 Å². The van der Waals surface area contributed by atoms with Gasteiger partial charge in [-0.1, -0.05) is 86.0 Å². The summed E-state index contributed by atoms with van der Waals surface area (Å²) in [6.07, 6.45) is 6.79.